The van der Waals surface area contributed by atoms with Crippen molar-refractivity contribution >= 4 is 11.6 Å². The summed E-state index contributed by atoms with van der Waals surface area (Å²) in [5.74, 6) is 0.259. The first-order valence-electron chi connectivity index (χ1n) is 10.1. The van der Waals surface area contributed by atoms with E-state index in [9.17, 15) is 4.39 Å². The molecule has 0 saturated carbocycles. The number of nitrogens with zero attached hydrogens (tertiary/aromatic N) is 5. The summed E-state index contributed by atoms with van der Waals surface area (Å²) in [6.45, 7) is 4.08. The lowest BCUT2D eigenvalue weighted by molar-refractivity contribution is 0.327. The lowest BCUT2D eigenvalue weighted by Crippen LogP contribution is -2.18. The molecule has 4 rings (SSSR count). The summed E-state index contributed by atoms with van der Waals surface area (Å²) in [6, 6.07) is 12.5. The average molecular weight is 404 g/mol. The van der Waals surface area contributed by atoms with Crippen molar-refractivity contribution < 1.29 is 4.39 Å². The van der Waals surface area contributed by atoms with Crippen LogP contribution in [0.2, 0.25) is 0 Å². The Bertz CT molecular complexity index is 1150. The second kappa shape index (κ2) is 8.59. The van der Waals surface area contributed by atoms with Crippen molar-refractivity contribution in [2.45, 2.75) is 19.9 Å². The van der Waals surface area contributed by atoms with Crippen LogP contribution in [0.4, 0.5) is 10.3 Å². The highest BCUT2D eigenvalue weighted by molar-refractivity contribution is 5.80. The van der Waals surface area contributed by atoms with Gasteiger partial charge in [-0.25, -0.2) is 19.3 Å². The van der Waals surface area contributed by atoms with Crippen molar-refractivity contribution in [3.63, 3.8) is 0 Å². The van der Waals surface area contributed by atoms with E-state index in [0.29, 0.717) is 5.95 Å². The monoisotopic (exact) mass is 404 g/mol. The Balaban J connectivity index is 1.87. The Kier molecular flexibility index (Phi) is 5.72. The molecule has 6 nitrogen and oxygen atoms in total. The van der Waals surface area contributed by atoms with Gasteiger partial charge in [0, 0.05) is 31.5 Å². The molecule has 1 N–H and O–H groups in total. The average Bonchev–Trinajstić information content (AvgIpc) is 3.13. The molecule has 0 atom stereocenters. The highest BCUT2D eigenvalue weighted by Gasteiger charge is 2.18. The van der Waals surface area contributed by atoms with Crippen molar-refractivity contribution in [1.29, 1.82) is 0 Å². The van der Waals surface area contributed by atoms with Gasteiger partial charge in [0.1, 0.15) is 11.5 Å². The summed E-state index contributed by atoms with van der Waals surface area (Å²) >= 11 is 0. The molecular formula is C23H25FN6. The molecule has 0 aliphatic carbocycles. The molecule has 0 bridgehead atoms. The van der Waals surface area contributed by atoms with Gasteiger partial charge in [-0.2, -0.15) is 0 Å². The number of rotatable bonds is 7. The van der Waals surface area contributed by atoms with Crippen molar-refractivity contribution in [3.05, 3.63) is 66.2 Å². The molecule has 3 heterocycles. The number of fused-ring (bicyclic) bond motifs is 1. The summed E-state index contributed by atoms with van der Waals surface area (Å²) in [4.78, 5) is 16.0. The van der Waals surface area contributed by atoms with Gasteiger partial charge in [-0.1, -0.05) is 6.92 Å². The topological polar surface area (TPSA) is 58.4 Å². The van der Waals surface area contributed by atoms with Crippen LogP contribution >= 0.6 is 0 Å². The number of hydrogen-bond donors (Lipinski definition) is 1. The Morgan fingerprint density at radius 1 is 1.10 bits per heavy atom. The number of hydrogen-bond acceptors (Lipinski definition) is 5. The van der Waals surface area contributed by atoms with Crippen molar-refractivity contribution in [1.82, 2.24) is 24.3 Å². The fourth-order valence-corrected chi connectivity index (χ4v) is 3.62. The normalized spacial score (nSPS) is 11.4. The summed E-state index contributed by atoms with van der Waals surface area (Å²) < 4.78 is 15.5. The number of halogens is 1. The second-order valence-electron chi connectivity index (χ2n) is 7.33. The second-order valence-corrected chi connectivity index (χ2v) is 7.33. The minimum Gasteiger partial charge on any atom is -0.357 e. The van der Waals surface area contributed by atoms with Crippen LogP contribution in [-0.4, -0.2) is 44.9 Å². The van der Waals surface area contributed by atoms with Crippen LogP contribution in [0, 0.1) is 5.82 Å². The summed E-state index contributed by atoms with van der Waals surface area (Å²) in [5.41, 5.74) is 5.22. The number of nitrogens with one attached hydrogen (secondary N) is 1. The molecule has 0 aliphatic rings. The molecule has 30 heavy (non-hydrogen) atoms. The molecule has 7 heteroatoms. The zero-order chi connectivity index (χ0) is 21.1. The van der Waals surface area contributed by atoms with Crippen LogP contribution in [0.5, 0.6) is 0 Å². The minimum absolute atomic E-state index is 0.273. The van der Waals surface area contributed by atoms with E-state index in [2.05, 4.69) is 46.3 Å². The molecule has 1 aromatic carbocycles. The maximum Gasteiger partial charge on any atom is 0.222 e. The number of imidazole rings is 1. The van der Waals surface area contributed by atoms with E-state index in [4.69, 9.17) is 4.98 Å². The Morgan fingerprint density at radius 3 is 2.63 bits per heavy atom. The largest absolute Gasteiger partial charge is 0.357 e. The lowest BCUT2D eigenvalue weighted by atomic mass is 10.1. The van der Waals surface area contributed by atoms with Gasteiger partial charge in [-0.05, 0) is 68.0 Å². The van der Waals surface area contributed by atoms with Gasteiger partial charge in [0.25, 0.3) is 0 Å². The van der Waals surface area contributed by atoms with E-state index in [1.165, 1.54) is 17.7 Å². The van der Waals surface area contributed by atoms with Crippen LogP contribution in [0.3, 0.4) is 0 Å². The van der Waals surface area contributed by atoms with E-state index in [-0.39, 0.29) is 5.82 Å². The Morgan fingerprint density at radius 2 is 1.90 bits per heavy atom. The van der Waals surface area contributed by atoms with Crippen LogP contribution in [-0.2, 0) is 6.54 Å². The minimum atomic E-state index is -0.273. The van der Waals surface area contributed by atoms with Gasteiger partial charge < -0.3 is 10.2 Å². The zero-order valence-electron chi connectivity index (χ0n) is 17.4. The third kappa shape index (κ3) is 4.02. The van der Waals surface area contributed by atoms with Gasteiger partial charge >= 0.3 is 0 Å². The molecule has 0 fully saturated rings. The number of benzene rings is 1. The predicted molar refractivity (Wildman–Crippen MR) is 118 cm³/mol. The first-order chi connectivity index (χ1) is 14.6. The van der Waals surface area contributed by atoms with E-state index in [1.54, 1.807) is 25.4 Å². The smallest absolute Gasteiger partial charge is 0.222 e. The molecule has 0 radical (unpaired) electrons. The van der Waals surface area contributed by atoms with Crippen molar-refractivity contribution in [2.24, 2.45) is 0 Å². The Hall–Kier alpha value is -3.32. The summed E-state index contributed by atoms with van der Waals surface area (Å²) in [6.07, 6.45) is 4.86. The van der Waals surface area contributed by atoms with Gasteiger partial charge in [0.15, 0.2) is 0 Å². The standard InChI is InChI=1S/C23H25FN6/c1-4-12-29(3)15-16-10-13-30-20(14-16)28-21(17-5-7-18(24)8-6-17)22(30)19-9-11-26-23(25-2)27-19/h5-11,13-14H,4,12,15H2,1-3H3,(H,25,26,27). The maximum absolute atomic E-state index is 13.5. The molecule has 0 aliphatic heterocycles. The highest BCUT2D eigenvalue weighted by atomic mass is 19.1. The lowest BCUT2D eigenvalue weighted by Gasteiger charge is -2.15. The fraction of sp³-hybridized carbons (Fsp3) is 0.261. The van der Waals surface area contributed by atoms with E-state index in [0.717, 1.165) is 47.8 Å². The van der Waals surface area contributed by atoms with Gasteiger partial charge in [0.05, 0.1) is 17.1 Å². The quantitative estimate of drug-likeness (QED) is 0.492. The van der Waals surface area contributed by atoms with E-state index in [1.807, 2.05) is 16.7 Å². The molecule has 0 saturated heterocycles. The van der Waals surface area contributed by atoms with Gasteiger partial charge in [0.2, 0.25) is 5.95 Å². The van der Waals surface area contributed by atoms with Gasteiger partial charge in [-0.15, -0.1) is 0 Å². The summed E-state index contributed by atoms with van der Waals surface area (Å²) in [5, 5.41) is 2.98. The fourth-order valence-electron chi connectivity index (χ4n) is 3.62. The molecule has 0 amide bonds. The van der Waals surface area contributed by atoms with Gasteiger partial charge in [-0.3, -0.25) is 4.40 Å². The molecule has 0 spiro atoms. The third-order valence-electron chi connectivity index (χ3n) is 4.99. The molecule has 154 valence electrons. The molecular weight excluding hydrogens is 379 g/mol. The molecule has 3 aromatic heterocycles. The molecule has 0 unspecified atom stereocenters. The van der Waals surface area contributed by atoms with Crippen LogP contribution in [0.1, 0.15) is 18.9 Å². The van der Waals surface area contributed by atoms with Crippen LogP contribution in [0.25, 0.3) is 28.3 Å². The zero-order valence-corrected chi connectivity index (χ0v) is 17.4. The van der Waals surface area contributed by atoms with Crippen LogP contribution < -0.4 is 5.32 Å². The van der Waals surface area contributed by atoms with Crippen LogP contribution in [0.15, 0.2) is 54.9 Å². The third-order valence-corrected chi connectivity index (χ3v) is 4.99. The summed E-state index contributed by atoms with van der Waals surface area (Å²) in [7, 11) is 3.91. The van der Waals surface area contributed by atoms with E-state index >= 15 is 0 Å². The number of pyridine rings is 1. The highest BCUT2D eigenvalue weighted by Crippen LogP contribution is 2.32. The first-order valence-corrected chi connectivity index (χ1v) is 10.1. The maximum atomic E-state index is 13.5. The predicted octanol–water partition coefficient (Wildman–Crippen LogP) is 4.48. The Labute approximate surface area is 175 Å². The molecule has 4 aromatic rings. The SMILES string of the molecule is CCCN(C)Cc1ccn2c(-c3ccnc(NC)n3)c(-c3ccc(F)cc3)nc2c1. The first kappa shape index (κ1) is 20.0. The van der Waals surface area contributed by atoms with Crippen molar-refractivity contribution in [3.8, 4) is 22.6 Å². The van der Waals surface area contributed by atoms with Crippen molar-refractivity contribution in [2.75, 3.05) is 26.0 Å². The number of anilines is 1. The van der Waals surface area contributed by atoms with E-state index < -0.39 is 0 Å². The number of aromatic nitrogens is 4.